The van der Waals surface area contributed by atoms with Crippen molar-refractivity contribution in [2.45, 2.75) is 39.5 Å². The predicted octanol–water partition coefficient (Wildman–Crippen LogP) is 3.94. The molecule has 0 fully saturated rings. The van der Waals surface area contributed by atoms with Crippen LogP contribution in [0.15, 0.2) is 36.4 Å². The van der Waals surface area contributed by atoms with Gasteiger partial charge in [-0.15, -0.1) is 0 Å². The van der Waals surface area contributed by atoms with Gasteiger partial charge in [-0.25, -0.2) is 0 Å². The molecule has 0 spiro atoms. The summed E-state index contributed by atoms with van der Waals surface area (Å²) in [5.74, 6) is 0.556. The quantitative estimate of drug-likeness (QED) is 0.613. The highest BCUT2D eigenvalue weighted by molar-refractivity contribution is 5.94. The zero-order chi connectivity index (χ0) is 21.2. The van der Waals surface area contributed by atoms with E-state index in [9.17, 15) is 9.59 Å². The van der Waals surface area contributed by atoms with E-state index in [2.05, 4.69) is 5.32 Å². The maximum absolute atomic E-state index is 12.3. The highest BCUT2D eigenvalue weighted by atomic mass is 16.5. The van der Waals surface area contributed by atoms with E-state index < -0.39 is 5.97 Å². The molecule has 6 nitrogen and oxygen atoms in total. The number of aryl methyl sites for hydroxylation is 3. The van der Waals surface area contributed by atoms with Crippen molar-refractivity contribution in [1.29, 1.82) is 0 Å². The lowest BCUT2D eigenvalue weighted by Crippen LogP contribution is -2.22. The lowest BCUT2D eigenvalue weighted by molar-refractivity contribution is -0.147. The van der Waals surface area contributed by atoms with E-state index in [1.807, 2.05) is 44.2 Å². The highest BCUT2D eigenvalue weighted by Crippen LogP contribution is 2.24. The molecule has 0 saturated carbocycles. The van der Waals surface area contributed by atoms with Crippen molar-refractivity contribution < 1.29 is 23.8 Å². The number of amides is 1. The Labute approximate surface area is 172 Å². The Morgan fingerprint density at radius 2 is 1.52 bits per heavy atom. The average Bonchev–Trinajstić information content (AvgIpc) is 2.75. The number of benzene rings is 2. The van der Waals surface area contributed by atoms with E-state index in [0.29, 0.717) is 17.9 Å². The van der Waals surface area contributed by atoms with Crippen LogP contribution < -0.4 is 14.8 Å². The maximum Gasteiger partial charge on any atom is 0.306 e. The normalized spacial score (nSPS) is 10.3. The largest absolute Gasteiger partial charge is 0.497 e. The highest BCUT2D eigenvalue weighted by Gasteiger charge is 2.13. The maximum atomic E-state index is 12.3. The van der Waals surface area contributed by atoms with Crippen molar-refractivity contribution in [1.82, 2.24) is 0 Å². The summed E-state index contributed by atoms with van der Waals surface area (Å²) in [6.45, 7) is 3.78. The van der Waals surface area contributed by atoms with Crippen LogP contribution in [0.3, 0.4) is 0 Å². The van der Waals surface area contributed by atoms with Crippen molar-refractivity contribution in [3.05, 3.63) is 53.1 Å². The summed E-state index contributed by atoms with van der Waals surface area (Å²) in [4.78, 5) is 24.3. The molecule has 0 aliphatic heterocycles. The summed E-state index contributed by atoms with van der Waals surface area (Å²) in [7, 11) is 3.15. The molecule has 0 aliphatic carbocycles. The van der Waals surface area contributed by atoms with E-state index in [-0.39, 0.29) is 18.9 Å². The number of methoxy groups -OCH3 is 2. The minimum absolute atomic E-state index is 0.162. The van der Waals surface area contributed by atoms with E-state index in [0.717, 1.165) is 35.2 Å². The second-order valence-electron chi connectivity index (χ2n) is 6.59. The molecule has 0 bridgehead atoms. The third kappa shape index (κ3) is 6.52. The topological polar surface area (TPSA) is 73.9 Å². The van der Waals surface area contributed by atoms with Gasteiger partial charge >= 0.3 is 5.97 Å². The summed E-state index contributed by atoms with van der Waals surface area (Å²) in [5, 5.41) is 2.89. The van der Waals surface area contributed by atoms with Crippen molar-refractivity contribution in [3.63, 3.8) is 0 Å². The second-order valence-corrected chi connectivity index (χ2v) is 6.59. The number of ether oxygens (including phenoxy) is 3. The van der Waals surface area contributed by atoms with Crippen molar-refractivity contribution in [2.75, 3.05) is 26.1 Å². The molecule has 2 aromatic carbocycles. The molecule has 0 atom stereocenters. The van der Waals surface area contributed by atoms with Crippen LogP contribution >= 0.6 is 0 Å². The summed E-state index contributed by atoms with van der Waals surface area (Å²) in [5.41, 5.74) is 3.85. The van der Waals surface area contributed by atoms with Gasteiger partial charge in [0.05, 0.1) is 14.2 Å². The number of carbonyl (C=O) groups excluding carboxylic acids is 2. The van der Waals surface area contributed by atoms with Gasteiger partial charge in [0, 0.05) is 18.2 Å². The Balaban J connectivity index is 1.88. The third-order valence-corrected chi connectivity index (χ3v) is 4.66. The van der Waals surface area contributed by atoms with E-state index >= 15 is 0 Å². The van der Waals surface area contributed by atoms with Gasteiger partial charge in [0.1, 0.15) is 11.5 Å². The summed E-state index contributed by atoms with van der Waals surface area (Å²) in [6.07, 6.45) is 2.25. The Hall–Kier alpha value is -3.02. The summed E-state index contributed by atoms with van der Waals surface area (Å²) < 4.78 is 15.6. The van der Waals surface area contributed by atoms with Gasteiger partial charge < -0.3 is 19.5 Å². The monoisotopic (exact) mass is 399 g/mol. The molecule has 1 N–H and O–H groups in total. The van der Waals surface area contributed by atoms with Crippen LogP contribution in [0.25, 0.3) is 0 Å². The average molecular weight is 399 g/mol. The number of carbonyl (C=O) groups is 2. The number of anilines is 1. The fraction of sp³-hybridized carbons (Fsp3) is 0.391. The van der Waals surface area contributed by atoms with Gasteiger partial charge in [0.25, 0.3) is 5.91 Å². The molecular formula is C23H29NO5. The van der Waals surface area contributed by atoms with Crippen molar-refractivity contribution in [2.24, 2.45) is 0 Å². The molecule has 29 heavy (non-hydrogen) atoms. The predicted molar refractivity (Wildman–Crippen MR) is 113 cm³/mol. The molecule has 6 heteroatoms. The van der Waals surface area contributed by atoms with Gasteiger partial charge in [0.2, 0.25) is 0 Å². The van der Waals surface area contributed by atoms with Crippen LogP contribution in [0.1, 0.15) is 37.0 Å². The fourth-order valence-corrected chi connectivity index (χ4v) is 3.05. The number of esters is 1. The Morgan fingerprint density at radius 3 is 2.03 bits per heavy atom. The van der Waals surface area contributed by atoms with E-state index in [1.54, 1.807) is 20.3 Å². The number of rotatable bonds is 10. The van der Waals surface area contributed by atoms with Crippen LogP contribution in [0.4, 0.5) is 5.69 Å². The first-order chi connectivity index (χ1) is 14.0. The van der Waals surface area contributed by atoms with Crippen molar-refractivity contribution >= 4 is 17.6 Å². The molecule has 1 amide bonds. The molecule has 156 valence electrons. The number of hydrogen-bond donors (Lipinski definition) is 1. The molecule has 0 saturated heterocycles. The zero-order valence-corrected chi connectivity index (χ0v) is 17.5. The van der Waals surface area contributed by atoms with Gasteiger partial charge in [-0.2, -0.15) is 0 Å². The molecule has 0 aliphatic rings. The van der Waals surface area contributed by atoms with Crippen LogP contribution in [-0.4, -0.2) is 32.7 Å². The molecule has 2 rings (SSSR count). The van der Waals surface area contributed by atoms with Gasteiger partial charge in [-0.05, 0) is 48.1 Å². The number of nitrogens with one attached hydrogen (secondary N) is 1. The van der Waals surface area contributed by atoms with Gasteiger partial charge in [-0.3, -0.25) is 9.59 Å². The van der Waals surface area contributed by atoms with Crippen LogP contribution in [0.5, 0.6) is 11.5 Å². The lowest BCUT2D eigenvalue weighted by Gasteiger charge is -2.14. The zero-order valence-electron chi connectivity index (χ0n) is 17.5. The standard InChI is InChI=1S/C23H29NO5/c1-5-17-8-7-9-18(6-2)23(17)24-21(25)15-29-22(26)11-10-16-12-19(27-3)14-20(13-16)28-4/h7-9,12-14H,5-6,10-11,15H2,1-4H3,(H,24,25). The molecule has 2 aromatic rings. The smallest absolute Gasteiger partial charge is 0.306 e. The SMILES string of the molecule is CCc1cccc(CC)c1NC(=O)COC(=O)CCc1cc(OC)cc(OC)c1. The van der Waals surface area contributed by atoms with E-state index in [4.69, 9.17) is 14.2 Å². The van der Waals surface area contributed by atoms with Crippen LogP contribution in [0.2, 0.25) is 0 Å². The molecule has 0 heterocycles. The van der Waals surface area contributed by atoms with Crippen LogP contribution in [-0.2, 0) is 33.6 Å². The first-order valence-electron chi connectivity index (χ1n) is 9.78. The van der Waals surface area contributed by atoms with Gasteiger partial charge in [0.15, 0.2) is 6.61 Å². The van der Waals surface area contributed by atoms with E-state index in [1.165, 1.54) is 0 Å². The Bertz CT molecular complexity index is 803. The Morgan fingerprint density at radius 1 is 0.931 bits per heavy atom. The van der Waals surface area contributed by atoms with Crippen LogP contribution in [0, 0.1) is 0 Å². The lowest BCUT2D eigenvalue weighted by atomic mass is 10.0. The van der Waals surface area contributed by atoms with Crippen molar-refractivity contribution in [3.8, 4) is 11.5 Å². The molecule has 0 unspecified atom stereocenters. The third-order valence-electron chi connectivity index (χ3n) is 4.66. The Kier molecular flexibility index (Phi) is 8.52. The number of hydrogen-bond acceptors (Lipinski definition) is 5. The fourth-order valence-electron chi connectivity index (χ4n) is 3.05. The second kappa shape index (κ2) is 11.1. The minimum Gasteiger partial charge on any atom is -0.497 e. The molecule has 0 aromatic heterocycles. The summed E-state index contributed by atoms with van der Waals surface area (Å²) in [6, 6.07) is 11.4. The molecular weight excluding hydrogens is 370 g/mol. The molecule has 0 radical (unpaired) electrons. The summed E-state index contributed by atoms with van der Waals surface area (Å²) >= 11 is 0. The van der Waals surface area contributed by atoms with Gasteiger partial charge in [-0.1, -0.05) is 32.0 Å². The first-order valence-corrected chi connectivity index (χ1v) is 9.78. The first kappa shape index (κ1) is 22.3. The minimum atomic E-state index is -0.429. The number of para-hydroxylation sites is 1.